The Labute approximate surface area is 96.1 Å². The zero-order valence-corrected chi connectivity index (χ0v) is 10.7. The lowest BCUT2D eigenvalue weighted by molar-refractivity contribution is 0.121. The third-order valence-corrected chi connectivity index (χ3v) is 2.61. The van der Waals surface area contributed by atoms with Crippen LogP contribution in [-0.4, -0.2) is 40.2 Å². The van der Waals surface area contributed by atoms with Crippen molar-refractivity contribution in [2.24, 2.45) is 0 Å². The third-order valence-electron chi connectivity index (χ3n) is 1.63. The summed E-state index contributed by atoms with van der Waals surface area (Å²) in [5, 5.41) is 2.85. The molecule has 1 amide bonds. The van der Waals surface area contributed by atoms with E-state index in [4.69, 9.17) is 0 Å². The van der Waals surface area contributed by atoms with Gasteiger partial charge in [-0.2, -0.15) is 13.1 Å². The van der Waals surface area contributed by atoms with Crippen molar-refractivity contribution in [2.45, 2.75) is 32.9 Å². The van der Waals surface area contributed by atoms with E-state index in [0.29, 0.717) is 0 Å². The molecule has 0 saturated carbocycles. The highest BCUT2D eigenvalue weighted by molar-refractivity contribution is 7.88. The van der Waals surface area contributed by atoms with Crippen molar-refractivity contribution in [1.29, 1.82) is 0 Å². The number of nitrogens with one attached hydrogen (secondary N) is 3. The molecular formula is C8H19N3O4S. The molecule has 0 spiro atoms. The van der Waals surface area contributed by atoms with Crippen molar-refractivity contribution < 1.29 is 17.9 Å². The van der Waals surface area contributed by atoms with Gasteiger partial charge in [-0.25, -0.2) is 9.52 Å². The van der Waals surface area contributed by atoms with E-state index in [1.807, 2.05) is 0 Å². The summed E-state index contributed by atoms with van der Waals surface area (Å²) in [7, 11) is -2.14. The van der Waals surface area contributed by atoms with Crippen LogP contribution in [-0.2, 0) is 14.9 Å². The van der Waals surface area contributed by atoms with Crippen LogP contribution in [0.2, 0.25) is 0 Å². The maximum Gasteiger partial charge on any atom is 0.422 e. The number of carbonyl (C=O) groups excluding carboxylic acids is 1. The summed E-state index contributed by atoms with van der Waals surface area (Å²) in [6.07, 6.45) is -1.36. The Bertz CT molecular complexity index is 315. The van der Waals surface area contributed by atoms with Crippen LogP contribution < -0.4 is 14.8 Å². The van der Waals surface area contributed by atoms with Gasteiger partial charge in [-0.3, -0.25) is 0 Å². The highest BCUT2D eigenvalue weighted by atomic mass is 32.2. The summed E-state index contributed by atoms with van der Waals surface area (Å²) < 4.78 is 31.2. The number of likely N-dealkylation sites (N-methyl/N-ethyl adjacent to an activating group) is 1. The number of rotatable bonds is 6. The summed E-state index contributed by atoms with van der Waals surface area (Å²) in [5.41, 5.74) is 0. The molecule has 7 nitrogen and oxygen atoms in total. The quantitative estimate of drug-likeness (QED) is 0.596. The lowest BCUT2D eigenvalue weighted by atomic mass is 10.4. The van der Waals surface area contributed by atoms with Gasteiger partial charge in [0.2, 0.25) is 0 Å². The second kappa shape index (κ2) is 6.66. The molecule has 1 unspecified atom stereocenters. The number of ether oxygens (including phenoxy) is 1. The van der Waals surface area contributed by atoms with Crippen LogP contribution >= 0.6 is 0 Å². The monoisotopic (exact) mass is 253 g/mol. The largest absolute Gasteiger partial charge is 0.446 e. The standard InChI is InChI=1S/C8H19N3O4S/c1-6(2)15-8(12)11-16(13,14)10-5-7(3)9-4/h6-7,9-10H,5H2,1-4H3,(H,11,12). The predicted octanol–water partition coefficient (Wildman–Crippen LogP) is -0.437. The summed E-state index contributed by atoms with van der Waals surface area (Å²) in [6.45, 7) is 5.24. The Morgan fingerprint density at radius 1 is 1.31 bits per heavy atom. The minimum absolute atomic E-state index is 0.0299. The molecular weight excluding hydrogens is 234 g/mol. The van der Waals surface area contributed by atoms with Crippen LogP contribution in [0.25, 0.3) is 0 Å². The molecule has 8 heteroatoms. The molecule has 0 aromatic heterocycles. The lowest BCUT2D eigenvalue weighted by Crippen LogP contribution is -2.45. The Kier molecular flexibility index (Phi) is 6.31. The number of hydrogen-bond donors (Lipinski definition) is 3. The summed E-state index contributed by atoms with van der Waals surface area (Å²) >= 11 is 0. The van der Waals surface area contributed by atoms with Crippen molar-refractivity contribution in [1.82, 2.24) is 14.8 Å². The van der Waals surface area contributed by atoms with Crippen LogP contribution in [0.4, 0.5) is 4.79 Å². The first-order valence-corrected chi connectivity index (χ1v) is 6.40. The van der Waals surface area contributed by atoms with Gasteiger partial charge in [0.1, 0.15) is 0 Å². The van der Waals surface area contributed by atoms with E-state index in [0.717, 1.165) is 0 Å². The zero-order valence-electron chi connectivity index (χ0n) is 9.90. The predicted molar refractivity (Wildman–Crippen MR) is 60.2 cm³/mol. The van der Waals surface area contributed by atoms with Gasteiger partial charge in [-0.15, -0.1) is 0 Å². The normalized spacial score (nSPS) is 13.6. The highest BCUT2D eigenvalue weighted by Crippen LogP contribution is 1.90. The molecule has 96 valence electrons. The number of amides is 1. The molecule has 0 aliphatic carbocycles. The van der Waals surface area contributed by atoms with Crippen molar-refractivity contribution >= 4 is 16.3 Å². The fourth-order valence-electron chi connectivity index (χ4n) is 0.721. The molecule has 0 aliphatic rings. The molecule has 0 fully saturated rings. The minimum Gasteiger partial charge on any atom is -0.446 e. The van der Waals surface area contributed by atoms with Gasteiger partial charge in [0, 0.05) is 12.6 Å². The summed E-state index contributed by atoms with van der Waals surface area (Å²) in [6, 6.07) is -0.0299. The van der Waals surface area contributed by atoms with E-state index in [1.165, 1.54) is 0 Å². The molecule has 0 saturated heterocycles. The van der Waals surface area contributed by atoms with Crippen LogP contribution in [0.3, 0.4) is 0 Å². The van der Waals surface area contributed by atoms with Gasteiger partial charge >= 0.3 is 16.3 Å². The first kappa shape index (κ1) is 15.1. The van der Waals surface area contributed by atoms with E-state index in [-0.39, 0.29) is 18.7 Å². The van der Waals surface area contributed by atoms with Crippen LogP contribution in [0.1, 0.15) is 20.8 Å². The first-order valence-electron chi connectivity index (χ1n) is 4.92. The number of carbonyl (C=O) groups is 1. The summed E-state index contributed by atoms with van der Waals surface area (Å²) in [4.78, 5) is 11.0. The average molecular weight is 253 g/mol. The Hall–Kier alpha value is -0.860. The second-order valence-corrected chi connectivity index (χ2v) is 5.10. The molecule has 0 rings (SSSR count). The van der Waals surface area contributed by atoms with Gasteiger partial charge in [-0.1, -0.05) is 0 Å². The van der Waals surface area contributed by atoms with Crippen molar-refractivity contribution in [3.63, 3.8) is 0 Å². The van der Waals surface area contributed by atoms with Crippen LogP contribution in [0.5, 0.6) is 0 Å². The molecule has 0 aliphatic heterocycles. The molecule has 0 radical (unpaired) electrons. The smallest absolute Gasteiger partial charge is 0.422 e. The molecule has 0 aromatic rings. The molecule has 0 aromatic carbocycles. The van der Waals surface area contributed by atoms with E-state index in [1.54, 1.807) is 32.5 Å². The molecule has 1 atom stereocenters. The lowest BCUT2D eigenvalue weighted by Gasteiger charge is -2.13. The molecule has 0 heterocycles. The first-order chi connectivity index (χ1) is 7.26. The fraction of sp³-hybridized carbons (Fsp3) is 0.875. The fourth-order valence-corrected chi connectivity index (χ4v) is 1.53. The Morgan fingerprint density at radius 2 is 1.88 bits per heavy atom. The molecule has 0 bridgehead atoms. The summed E-state index contributed by atoms with van der Waals surface area (Å²) in [5.74, 6) is 0. The average Bonchev–Trinajstić information content (AvgIpc) is 2.11. The maximum absolute atomic E-state index is 11.3. The SMILES string of the molecule is CNC(C)CNS(=O)(=O)NC(=O)OC(C)C. The van der Waals surface area contributed by atoms with Gasteiger partial charge in [0.05, 0.1) is 6.10 Å². The van der Waals surface area contributed by atoms with E-state index < -0.39 is 16.3 Å². The minimum atomic E-state index is -3.85. The van der Waals surface area contributed by atoms with Gasteiger partial charge in [-0.05, 0) is 27.8 Å². The van der Waals surface area contributed by atoms with Gasteiger partial charge in [0.25, 0.3) is 0 Å². The maximum atomic E-state index is 11.3. The molecule has 3 N–H and O–H groups in total. The van der Waals surface area contributed by atoms with E-state index in [2.05, 4.69) is 14.8 Å². The van der Waals surface area contributed by atoms with Gasteiger partial charge in [0.15, 0.2) is 0 Å². The zero-order chi connectivity index (χ0) is 12.8. The van der Waals surface area contributed by atoms with E-state index in [9.17, 15) is 13.2 Å². The van der Waals surface area contributed by atoms with Crippen molar-refractivity contribution in [3.8, 4) is 0 Å². The number of hydrogen-bond acceptors (Lipinski definition) is 5. The van der Waals surface area contributed by atoms with Crippen molar-refractivity contribution in [3.05, 3.63) is 0 Å². The Balaban J connectivity index is 4.10. The second-order valence-electron chi connectivity index (χ2n) is 3.60. The van der Waals surface area contributed by atoms with Crippen LogP contribution in [0.15, 0.2) is 0 Å². The van der Waals surface area contributed by atoms with Crippen molar-refractivity contribution in [2.75, 3.05) is 13.6 Å². The van der Waals surface area contributed by atoms with Crippen LogP contribution in [0, 0.1) is 0 Å². The third kappa shape index (κ3) is 7.43. The Morgan fingerprint density at radius 3 is 2.31 bits per heavy atom. The highest BCUT2D eigenvalue weighted by Gasteiger charge is 2.16. The van der Waals surface area contributed by atoms with Gasteiger partial charge < -0.3 is 10.1 Å². The topological polar surface area (TPSA) is 96.5 Å². The molecule has 16 heavy (non-hydrogen) atoms. The van der Waals surface area contributed by atoms with E-state index >= 15 is 0 Å².